The lowest BCUT2D eigenvalue weighted by molar-refractivity contribution is 0.105. The van der Waals surface area contributed by atoms with Gasteiger partial charge >= 0.3 is 0 Å². The van der Waals surface area contributed by atoms with E-state index < -0.39 is 0 Å². The number of ether oxygens (including phenoxy) is 1. The number of guanidine groups is 1. The Morgan fingerprint density at radius 1 is 1.36 bits per heavy atom. The van der Waals surface area contributed by atoms with Crippen molar-refractivity contribution in [1.82, 2.24) is 15.5 Å². The Morgan fingerprint density at radius 3 is 2.84 bits per heavy atom. The van der Waals surface area contributed by atoms with Crippen LogP contribution in [0.3, 0.4) is 0 Å². The summed E-state index contributed by atoms with van der Waals surface area (Å²) < 4.78 is 10.8. The van der Waals surface area contributed by atoms with Gasteiger partial charge in [-0.2, -0.15) is 0 Å². The molecule has 0 bridgehead atoms. The molecule has 1 aliphatic heterocycles. The number of nitrogens with zero attached hydrogens (tertiary/aromatic N) is 2. The van der Waals surface area contributed by atoms with E-state index in [0.29, 0.717) is 19.1 Å². The maximum absolute atomic E-state index is 5.59. The van der Waals surface area contributed by atoms with Crippen molar-refractivity contribution in [2.24, 2.45) is 10.9 Å². The van der Waals surface area contributed by atoms with E-state index in [9.17, 15) is 0 Å². The summed E-state index contributed by atoms with van der Waals surface area (Å²) >= 11 is 0. The highest BCUT2D eigenvalue weighted by molar-refractivity contribution is 14.0. The molecule has 0 atom stereocenters. The van der Waals surface area contributed by atoms with Crippen LogP contribution in [-0.2, 0) is 11.3 Å². The summed E-state index contributed by atoms with van der Waals surface area (Å²) in [4.78, 5) is 7.14. The molecular weight excluding hydrogens is 431 g/mol. The minimum Gasteiger partial charge on any atom is -0.467 e. The van der Waals surface area contributed by atoms with Crippen molar-refractivity contribution < 1.29 is 9.15 Å². The number of hydrogen-bond acceptors (Lipinski definition) is 4. The molecule has 0 spiro atoms. The average Bonchev–Trinajstić information content (AvgIpc) is 3.10. The summed E-state index contributed by atoms with van der Waals surface area (Å²) in [5.74, 6) is 2.51. The molecule has 2 rings (SSSR count). The third-order valence-corrected chi connectivity index (χ3v) is 4.27. The molecule has 0 aliphatic carbocycles. The molecule has 0 amide bonds. The summed E-state index contributed by atoms with van der Waals surface area (Å²) in [7, 11) is 2.19. The Bertz CT molecular complexity index is 460. The van der Waals surface area contributed by atoms with E-state index in [-0.39, 0.29) is 24.0 Å². The molecule has 2 N–H and O–H groups in total. The van der Waals surface area contributed by atoms with Crippen LogP contribution < -0.4 is 10.6 Å². The van der Waals surface area contributed by atoms with Crippen LogP contribution in [0.25, 0.3) is 0 Å². The van der Waals surface area contributed by atoms with Crippen molar-refractivity contribution in [1.29, 1.82) is 0 Å². The van der Waals surface area contributed by atoms with Crippen molar-refractivity contribution in [3.8, 4) is 0 Å². The second-order valence-electron chi connectivity index (χ2n) is 6.38. The Labute approximate surface area is 168 Å². The number of nitrogens with one attached hydrogen (secondary N) is 2. The van der Waals surface area contributed by atoms with Gasteiger partial charge in [0.1, 0.15) is 12.4 Å². The number of likely N-dealkylation sites (tertiary alicyclic amines) is 1. The molecule has 6 nitrogen and oxygen atoms in total. The fraction of sp³-hybridized carbons (Fsp3) is 0.722. The maximum Gasteiger partial charge on any atom is 0.191 e. The number of piperidine rings is 1. The van der Waals surface area contributed by atoms with Crippen LogP contribution >= 0.6 is 24.0 Å². The second-order valence-corrected chi connectivity index (χ2v) is 6.38. The SMILES string of the molecule is CCNC(=NCC1CCN(C)CC1)NCCCOCc1ccco1.I. The van der Waals surface area contributed by atoms with Gasteiger partial charge in [-0.05, 0) is 64.4 Å². The Hall–Kier alpha value is -0.800. The third-order valence-electron chi connectivity index (χ3n) is 4.27. The normalized spacial score (nSPS) is 16.5. The number of aliphatic imine (C=N–C) groups is 1. The summed E-state index contributed by atoms with van der Waals surface area (Å²) in [6, 6.07) is 3.81. The van der Waals surface area contributed by atoms with Crippen LogP contribution in [0.15, 0.2) is 27.8 Å². The molecule has 1 aliphatic rings. The van der Waals surface area contributed by atoms with E-state index in [0.717, 1.165) is 37.8 Å². The number of rotatable bonds is 9. The highest BCUT2D eigenvalue weighted by Gasteiger charge is 2.16. The van der Waals surface area contributed by atoms with E-state index in [4.69, 9.17) is 14.1 Å². The van der Waals surface area contributed by atoms with Crippen LogP contribution in [0.1, 0.15) is 31.9 Å². The molecule has 2 heterocycles. The van der Waals surface area contributed by atoms with E-state index in [2.05, 4.69) is 29.5 Å². The monoisotopic (exact) mass is 464 g/mol. The van der Waals surface area contributed by atoms with E-state index in [1.54, 1.807) is 6.26 Å². The van der Waals surface area contributed by atoms with Crippen molar-refractivity contribution in [3.05, 3.63) is 24.2 Å². The molecule has 7 heteroatoms. The fourth-order valence-corrected chi connectivity index (χ4v) is 2.76. The van der Waals surface area contributed by atoms with Crippen LogP contribution in [0.5, 0.6) is 0 Å². The lowest BCUT2D eigenvalue weighted by atomic mass is 9.97. The van der Waals surface area contributed by atoms with Gasteiger partial charge in [0.05, 0.1) is 6.26 Å². The number of furan rings is 1. The van der Waals surface area contributed by atoms with Gasteiger partial charge in [-0.1, -0.05) is 0 Å². The molecule has 1 aromatic rings. The predicted octanol–water partition coefficient (Wildman–Crippen LogP) is 2.70. The van der Waals surface area contributed by atoms with Gasteiger partial charge in [-0.3, -0.25) is 4.99 Å². The smallest absolute Gasteiger partial charge is 0.191 e. The molecule has 1 aromatic heterocycles. The fourth-order valence-electron chi connectivity index (χ4n) is 2.76. The van der Waals surface area contributed by atoms with Crippen LogP contribution in [-0.4, -0.2) is 57.2 Å². The summed E-state index contributed by atoms with van der Waals surface area (Å²) in [6.07, 6.45) is 5.11. The minimum atomic E-state index is 0. The molecule has 0 unspecified atom stereocenters. The van der Waals surface area contributed by atoms with E-state index in [1.807, 2.05) is 12.1 Å². The van der Waals surface area contributed by atoms with E-state index in [1.165, 1.54) is 25.9 Å². The lowest BCUT2D eigenvalue weighted by Crippen LogP contribution is -2.39. The van der Waals surface area contributed by atoms with Crippen molar-refractivity contribution in [2.45, 2.75) is 32.8 Å². The Kier molecular flexibility index (Phi) is 11.9. The molecule has 1 fully saturated rings. The van der Waals surface area contributed by atoms with Gasteiger partial charge in [0.25, 0.3) is 0 Å². The molecule has 144 valence electrons. The first-order chi connectivity index (χ1) is 11.8. The van der Waals surface area contributed by atoms with Gasteiger partial charge in [0.15, 0.2) is 5.96 Å². The first-order valence-electron chi connectivity index (χ1n) is 9.08. The standard InChI is InChI=1S/C18H32N4O2.HI/c1-3-19-18(21-14-16-7-10-22(2)11-8-16)20-9-5-12-23-15-17-6-4-13-24-17;/h4,6,13,16H,3,5,7-12,14-15H2,1-2H3,(H2,19,20,21);1H. The zero-order valence-electron chi connectivity index (χ0n) is 15.5. The first-order valence-corrected chi connectivity index (χ1v) is 9.08. The Morgan fingerprint density at radius 2 is 2.16 bits per heavy atom. The summed E-state index contributed by atoms with van der Waals surface area (Å²) in [5, 5.41) is 6.70. The largest absolute Gasteiger partial charge is 0.467 e. The van der Waals surface area contributed by atoms with Crippen molar-refractivity contribution in [2.75, 3.05) is 46.4 Å². The predicted molar refractivity (Wildman–Crippen MR) is 113 cm³/mol. The minimum absolute atomic E-state index is 0. The molecule has 25 heavy (non-hydrogen) atoms. The van der Waals surface area contributed by atoms with Crippen molar-refractivity contribution in [3.63, 3.8) is 0 Å². The average molecular weight is 464 g/mol. The van der Waals surface area contributed by atoms with Gasteiger partial charge in [-0.25, -0.2) is 0 Å². The van der Waals surface area contributed by atoms with Crippen molar-refractivity contribution >= 4 is 29.9 Å². The Balaban J connectivity index is 0.00000312. The van der Waals surface area contributed by atoms with Crippen LogP contribution in [0, 0.1) is 5.92 Å². The first kappa shape index (κ1) is 22.2. The highest BCUT2D eigenvalue weighted by Crippen LogP contribution is 2.15. The summed E-state index contributed by atoms with van der Waals surface area (Å²) in [6.45, 7) is 8.39. The lowest BCUT2D eigenvalue weighted by Gasteiger charge is -2.28. The molecule has 0 radical (unpaired) electrons. The van der Waals surface area contributed by atoms with Crippen LogP contribution in [0.2, 0.25) is 0 Å². The van der Waals surface area contributed by atoms with Gasteiger partial charge in [-0.15, -0.1) is 24.0 Å². The third kappa shape index (κ3) is 9.46. The molecule has 0 aromatic carbocycles. The number of halogens is 1. The van der Waals surface area contributed by atoms with Crippen LogP contribution in [0.4, 0.5) is 0 Å². The maximum atomic E-state index is 5.59. The quantitative estimate of drug-likeness (QED) is 0.255. The van der Waals surface area contributed by atoms with Gasteiger partial charge in [0, 0.05) is 26.2 Å². The molecule has 1 saturated heterocycles. The topological polar surface area (TPSA) is 62.0 Å². The molecular formula is C18H33IN4O2. The van der Waals surface area contributed by atoms with E-state index >= 15 is 0 Å². The zero-order valence-corrected chi connectivity index (χ0v) is 17.8. The summed E-state index contributed by atoms with van der Waals surface area (Å²) in [5.41, 5.74) is 0. The zero-order chi connectivity index (χ0) is 17.0. The van der Waals surface area contributed by atoms with Gasteiger partial charge in [0.2, 0.25) is 0 Å². The molecule has 0 saturated carbocycles. The second kappa shape index (κ2) is 13.4. The van der Waals surface area contributed by atoms with Gasteiger partial charge < -0.3 is 24.7 Å². The highest BCUT2D eigenvalue weighted by atomic mass is 127. The number of hydrogen-bond donors (Lipinski definition) is 2.